The molecule has 0 radical (unpaired) electrons. The second kappa shape index (κ2) is 3.25. The molecule has 10 heavy (non-hydrogen) atoms. The molecule has 3 heteroatoms. The minimum Gasteiger partial charge on any atom is -0.234 e. The van der Waals surface area contributed by atoms with Crippen molar-refractivity contribution in [1.29, 1.82) is 0 Å². The van der Waals surface area contributed by atoms with E-state index >= 15 is 0 Å². The first-order valence-electron chi connectivity index (χ1n) is 3.54. The first-order chi connectivity index (χ1) is 4.86. The fourth-order valence-electron chi connectivity index (χ4n) is 0.699. The molecule has 0 atom stereocenters. The van der Waals surface area contributed by atoms with Crippen LogP contribution in [0.25, 0.3) is 0 Å². The van der Waals surface area contributed by atoms with Gasteiger partial charge in [-0.25, -0.2) is 4.98 Å². The molecular formula is C7H11N3. The summed E-state index contributed by atoms with van der Waals surface area (Å²) in [5.41, 5.74) is 1.02. The third kappa shape index (κ3) is 1.50. The van der Waals surface area contributed by atoms with Gasteiger partial charge in [-0.2, -0.15) is 5.10 Å². The molecule has 0 spiro atoms. The SMILES string of the molecule is CCc1cnnc(CC)n1. The zero-order valence-corrected chi connectivity index (χ0v) is 6.33. The van der Waals surface area contributed by atoms with Crippen LogP contribution in [-0.2, 0) is 12.8 Å². The van der Waals surface area contributed by atoms with Gasteiger partial charge in [0.15, 0.2) is 5.82 Å². The average Bonchev–Trinajstić information content (AvgIpc) is 2.05. The molecule has 1 rings (SSSR count). The molecule has 0 bridgehead atoms. The van der Waals surface area contributed by atoms with Crippen molar-refractivity contribution < 1.29 is 0 Å². The zero-order valence-electron chi connectivity index (χ0n) is 6.33. The molecule has 0 aliphatic heterocycles. The van der Waals surface area contributed by atoms with Crippen LogP contribution in [0.4, 0.5) is 0 Å². The summed E-state index contributed by atoms with van der Waals surface area (Å²) in [6, 6.07) is 0. The first-order valence-corrected chi connectivity index (χ1v) is 3.54. The normalized spacial score (nSPS) is 9.80. The monoisotopic (exact) mass is 137 g/mol. The lowest BCUT2D eigenvalue weighted by Crippen LogP contribution is -1.98. The van der Waals surface area contributed by atoms with Gasteiger partial charge in [0, 0.05) is 6.42 Å². The lowest BCUT2D eigenvalue weighted by atomic mass is 10.3. The minimum atomic E-state index is 0.833. The topological polar surface area (TPSA) is 38.7 Å². The van der Waals surface area contributed by atoms with Gasteiger partial charge in [0.2, 0.25) is 0 Å². The average molecular weight is 137 g/mol. The summed E-state index contributed by atoms with van der Waals surface area (Å²) in [7, 11) is 0. The Morgan fingerprint density at radius 3 is 2.70 bits per heavy atom. The molecule has 0 N–H and O–H groups in total. The maximum absolute atomic E-state index is 4.24. The number of hydrogen-bond donors (Lipinski definition) is 0. The van der Waals surface area contributed by atoms with Crippen LogP contribution in [-0.4, -0.2) is 15.2 Å². The van der Waals surface area contributed by atoms with Crippen LogP contribution in [0.5, 0.6) is 0 Å². The number of rotatable bonds is 2. The quantitative estimate of drug-likeness (QED) is 0.610. The summed E-state index contributed by atoms with van der Waals surface area (Å²) in [5.74, 6) is 0.833. The highest BCUT2D eigenvalue weighted by Crippen LogP contribution is 1.93. The van der Waals surface area contributed by atoms with Crippen molar-refractivity contribution in [1.82, 2.24) is 15.2 Å². The second-order valence-electron chi connectivity index (χ2n) is 2.07. The molecule has 0 aliphatic carbocycles. The first kappa shape index (κ1) is 7.12. The summed E-state index contributed by atoms with van der Waals surface area (Å²) in [5, 5.41) is 7.66. The van der Waals surface area contributed by atoms with Gasteiger partial charge < -0.3 is 0 Å². The van der Waals surface area contributed by atoms with Crippen LogP contribution in [0.2, 0.25) is 0 Å². The van der Waals surface area contributed by atoms with Crippen molar-refractivity contribution in [3.05, 3.63) is 17.7 Å². The Bertz CT molecular complexity index is 191. The van der Waals surface area contributed by atoms with E-state index in [0.29, 0.717) is 0 Å². The predicted molar refractivity (Wildman–Crippen MR) is 38.6 cm³/mol. The lowest BCUT2D eigenvalue weighted by molar-refractivity contribution is 0.809. The van der Waals surface area contributed by atoms with E-state index in [1.165, 1.54) is 0 Å². The van der Waals surface area contributed by atoms with E-state index in [1.54, 1.807) is 6.20 Å². The third-order valence-corrected chi connectivity index (χ3v) is 1.33. The van der Waals surface area contributed by atoms with E-state index in [1.807, 2.05) is 6.92 Å². The Balaban J connectivity index is 2.87. The maximum atomic E-state index is 4.24. The molecule has 0 saturated heterocycles. The molecule has 0 saturated carbocycles. The summed E-state index contributed by atoms with van der Waals surface area (Å²) < 4.78 is 0. The van der Waals surface area contributed by atoms with Crippen LogP contribution >= 0.6 is 0 Å². The van der Waals surface area contributed by atoms with E-state index in [9.17, 15) is 0 Å². The minimum absolute atomic E-state index is 0.833. The van der Waals surface area contributed by atoms with Gasteiger partial charge in [-0.05, 0) is 6.42 Å². The molecule has 1 heterocycles. The van der Waals surface area contributed by atoms with Gasteiger partial charge in [0.25, 0.3) is 0 Å². The van der Waals surface area contributed by atoms with Crippen LogP contribution in [0.1, 0.15) is 25.4 Å². The molecule has 0 amide bonds. The van der Waals surface area contributed by atoms with Crippen molar-refractivity contribution >= 4 is 0 Å². The highest BCUT2D eigenvalue weighted by molar-refractivity contribution is 4.95. The highest BCUT2D eigenvalue weighted by atomic mass is 15.1. The molecule has 0 unspecified atom stereocenters. The fourth-order valence-corrected chi connectivity index (χ4v) is 0.699. The van der Waals surface area contributed by atoms with Crippen molar-refractivity contribution in [2.75, 3.05) is 0 Å². The lowest BCUT2D eigenvalue weighted by Gasteiger charge is -1.95. The van der Waals surface area contributed by atoms with E-state index in [0.717, 1.165) is 24.4 Å². The third-order valence-electron chi connectivity index (χ3n) is 1.33. The second-order valence-corrected chi connectivity index (χ2v) is 2.07. The Morgan fingerprint density at radius 1 is 1.30 bits per heavy atom. The van der Waals surface area contributed by atoms with E-state index in [-0.39, 0.29) is 0 Å². The number of aryl methyl sites for hydroxylation is 2. The van der Waals surface area contributed by atoms with Crippen LogP contribution < -0.4 is 0 Å². The van der Waals surface area contributed by atoms with Crippen LogP contribution in [0.3, 0.4) is 0 Å². The Kier molecular flexibility index (Phi) is 2.31. The van der Waals surface area contributed by atoms with E-state index in [4.69, 9.17) is 0 Å². The molecule has 54 valence electrons. The van der Waals surface area contributed by atoms with Gasteiger partial charge in [-0.3, -0.25) is 0 Å². The van der Waals surface area contributed by atoms with E-state index < -0.39 is 0 Å². The fraction of sp³-hybridized carbons (Fsp3) is 0.571. The Labute approximate surface area is 60.5 Å². The standard InChI is InChI=1S/C7H11N3/c1-3-6-5-8-10-7(4-2)9-6/h5H,3-4H2,1-2H3. The van der Waals surface area contributed by atoms with Gasteiger partial charge in [0.05, 0.1) is 11.9 Å². The van der Waals surface area contributed by atoms with E-state index in [2.05, 4.69) is 22.1 Å². The molecule has 0 fully saturated rings. The van der Waals surface area contributed by atoms with Crippen molar-refractivity contribution in [2.24, 2.45) is 0 Å². The van der Waals surface area contributed by atoms with Gasteiger partial charge in [0.1, 0.15) is 0 Å². The smallest absolute Gasteiger partial charge is 0.150 e. The summed E-state index contributed by atoms with van der Waals surface area (Å²) in [4.78, 5) is 4.24. The maximum Gasteiger partial charge on any atom is 0.150 e. The molecule has 1 aromatic heterocycles. The highest BCUT2D eigenvalue weighted by Gasteiger charge is 1.94. The van der Waals surface area contributed by atoms with Crippen LogP contribution in [0, 0.1) is 0 Å². The van der Waals surface area contributed by atoms with Crippen molar-refractivity contribution in [2.45, 2.75) is 26.7 Å². The molecule has 3 nitrogen and oxygen atoms in total. The number of hydrogen-bond acceptors (Lipinski definition) is 3. The molecule has 1 aromatic rings. The summed E-state index contributed by atoms with van der Waals surface area (Å²) in [6.07, 6.45) is 3.50. The summed E-state index contributed by atoms with van der Waals surface area (Å²) in [6.45, 7) is 4.08. The van der Waals surface area contributed by atoms with Gasteiger partial charge in [-0.15, -0.1) is 5.10 Å². The van der Waals surface area contributed by atoms with Crippen molar-refractivity contribution in [3.8, 4) is 0 Å². The van der Waals surface area contributed by atoms with Crippen molar-refractivity contribution in [3.63, 3.8) is 0 Å². The Hall–Kier alpha value is -0.990. The summed E-state index contributed by atoms with van der Waals surface area (Å²) >= 11 is 0. The molecular weight excluding hydrogens is 126 g/mol. The van der Waals surface area contributed by atoms with Gasteiger partial charge >= 0.3 is 0 Å². The predicted octanol–water partition coefficient (Wildman–Crippen LogP) is 0.996. The Morgan fingerprint density at radius 2 is 2.10 bits per heavy atom. The zero-order chi connectivity index (χ0) is 7.40. The molecule has 0 aliphatic rings. The number of aromatic nitrogens is 3. The number of nitrogens with zero attached hydrogens (tertiary/aromatic N) is 3. The largest absolute Gasteiger partial charge is 0.234 e. The van der Waals surface area contributed by atoms with Crippen LogP contribution in [0.15, 0.2) is 6.20 Å². The van der Waals surface area contributed by atoms with Gasteiger partial charge in [-0.1, -0.05) is 13.8 Å². The molecule has 0 aromatic carbocycles.